The van der Waals surface area contributed by atoms with E-state index in [0.717, 1.165) is 29.7 Å². The number of aliphatic hydroxyl groups excluding tert-OH is 1. The molecule has 0 fully saturated rings. The van der Waals surface area contributed by atoms with Gasteiger partial charge in [-0.15, -0.1) is 11.3 Å². The van der Waals surface area contributed by atoms with Crippen LogP contribution >= 0.6 is 11.3 Å². The van der Waals surface area contributed by atoms with Crippen molar-refractivity contribution in [3.8, 4) is 0 Å². The minimum atomic E-state index is -3.50. The molecule has 0 saturated carbocycles. The highest BCUT2D eigenvalue weighted by Crippen LogP contribution is 2.27. The molecule has 0 saturated heterocycles. The molecule has 6 heteroatoms. The van der Waals surface area contributed by atoms with E-state index in [1.165, 1.54) is 0 Å². The predicted octanol–water partition coefficient (Wildman–Crippen LogP) is 2.41. The van der Waals surface area contributed by atoms with Gasteiger partial charge >= 0.3 is 0 Å². The van der Waals surface area contributed by atoms with Crippen molar-refractivity contribution in [2.75, 3.05) is 0 Å². The number of nitrogens with one attached hydrogen (secondary N) is 1. The minimum absolute atomic E-state index is 0.120. The van der Waals surface area contributed by atoms with Crippen LogP contribution < -0.4 is 4.72 Å². The molecule has 1 rings (SSSR count). The number of aliphatic hydroxyl groups is 1. The summed E-state index contributed by atoms with van der Waals surface area (Å²) in [6.07, 6.45) is 1.47. The maximum atomic E-state index is 12.3. The van der Waals surface area contributed by atoms with Crippen molar-refractivity contribution in [2.45, 2.75) is 56.9 Å². The van der Waals surface area contributed by atoms with Crippen LogP contribution in [0.25, 0.3) is 0 Å². The van der Waals surface area contributed by atoms with Gasteiger partial charge in [0.15, 0.2) is 0 Å². The minimum Gasteiger partial charge on any atom is -0.391 e. The Morgan fingerprint density at radius 2 is 1.94 bits per heavy atom. The van der Waals surface area contributed by atoms with E-state index in [9.17, 15) is 8.42 Å². The highest BCUT2D eigenvalue weighted by molar-refractivity contribution is 7.91. The van der Waals surface area contributed by atoms with E-state index in [4.69, 9.17) is 5.11 Å². The Morgan fingerprint density at radius 3 is 2.33 bits per heavy atom. The molecule has 0 spiro atoms. The fraction of sp³-hybridized carbons (Fsp3) is 0.667. The van der Waals surface area contributed by atoms with E-state index in [1.807, 2.05) is 20.8 Å². The molecule has 0 amide bonds. The molecule has 0 aromatic carbocycles. The Hall–Kier alpha value is -0.430. The quantitative estimate of drug-likeness (QED) is 0.846. The van der Waals surface area contributed by atoms with Crippen LogP contribution in [0.1, 0.15) is 44.1 Å². The first-order valence-electron chi connectivity index (χ1n) is 6.02. The topological polar surface area (TPSA) is 66.4 Å². The smallest absolute Gasteiger partial charge is 0.250 e. The largest absolute Gasteiger partial charge is 0.391 e. The maximum Gasteiger partial charge on any atom is 0.250 e. The second-order valence-corrected chi connectivity index (χ2v) is 7.75. The standard InChI is InChI=1S/C12H21NO3S2/c1-5-12(4,6-2)13-18(15,16)11-7-9(3)10(8-14)17-11/h7,13-14H,5-6,8H2,1-4H3. The number of sulfonamides is 1. The molecular weight excluding hydrogens is 270 g/mol. The third kappa shape index (κ3) is 3.32. The lowest BCUT2D eigenvalue weighted by atomic mass is 9.98. The van der Waals surface area contributed by atoms with Crippen LogP contribution in [0.15, 0.2) is 10.3 Å². The Bertz CT molecular complexity index is 501. The summed E-state index contributed by atoms with van der Waals surface area (Å²) in [4.78, 5) is 0.699. The van der Waals surface area contributed by atoms with E-state index >= 15 is 0 Å². The van der Waals surface area contributed by atoms with Gasteiger partial charge in [-0.1, -0.05) is 13.8 Å². The molecule has 104 valence electrons. The molecule has 1 aromatic rings. The Morgan fingerprint density at radius 1 is 1.39 bits per heavy atom. The zero-order chi connectivity index (χ0) is 14.0. The molecule has 0 atom stereocenters. The molecule has 2 N–H and O–H groups in total. The summed E-state index contributed by atoms with van der Waals surface area (Å²) in [5.41, 5.74) is 0.397. The SMILES string of the molecule is CCC(C)(CC)NS(=O)(=O)c1cc(C)c(CO)s1. The van der Waals surface area contributed by atoms with E-state index in [1.54, 1.807) is 13.0 Å². The zero-order valence-corrected chi connectivity index (χ0v) is 12.9. The van der Waals surface area contributed by atoms with Crippen molar-refractivity contribution in [3.05, 3.63) is 16.5 Å². The van der Waals surface area contributed by atoms with Crippen molar-refractivity contribution in [3.63, 3.8) is 0 Å². The van der Waals surface area contributed by atoms with Crippen molar-refractivity contribution in [1.29, 1.82) is 0 Å². The van der Waals surface area contributed by atoms with Gasteiger partial charge in [-0.2, -0.15) is 0 Å². The van der Waals surface area contributed by atoms with Gasteiger partial charge in [-0.3, -0.25) is 0 Å². The monoisotopic (exact) mass is 291 g/mol. The van der Waals surface area contributed by atoms with Crippen molar-refractivity contribution < 1.29 is 13.5 Å². The maximum absolute atomic E-state index is 12.3. The molecule has 0 aliphatic heterocycles. The number of hydrogen-bond donors (Lipinski definition) is 2. The van der Waals surface area contributed by atoms with Crippen LogP contribution in [0.2, 0.25) is 0 Å². The third-order valence-corrected chi connectivity index (χ3v) is 6.68. The summed E-state index contributed by atoms with van der Waals surface area (Å²) >= 11 is 1.13. The molecular formula is C12H21NO3S2. The summed E-state index contributed by atoms with van der Waals surface area (Å²) in [5.74, 6) is 0. The predicted molar refractivity (Wildman–Crippen MR) is 74.3 cm³/mol. The van der Waals surface area contributed by atoms with Crippen molar-refractivity contribution >= 4 is 21.4 Å². The van der Waals surface area contributed by atoms with Gasteiger partial charge in [-0.25, -0.2) is 13.1 Å². The van der Waals surface area contributed by atoms with Crippen LogP contribution in [-0.4, -0.2) is 19.1 Å². The van der Waals surface area contributed by atoms with Crippen LogP contribution in [0.5, 0.6) is 0 Å². The lowest BCUT2D eigenvalue weighted by Gasteiger charge is -2.27. The van der Waals surface area contributed by atoms with Gasteiger partial charge in [0.2, 0.25) is 0 Å². The van der Waals surface area contributed by atoms with E-state index in [2.05, 4.69) is 4.72 Å². The Balaban J connectivity index is 3.06. The fourth-order valence-corrected chi connectivity index (χ4v) is 4.55. The van der Waals surface area contributed by atoms with Gasteiger partial charge < -0.3 is 5.11 Å². The van der Waals surface area contributed by atoms with Gasteiger partial charge in [-0.05, 0) is 38.3 Å². The van der Waals surface area contributed by atoms with E-state index in [-0.39, 0.29) is 10.8 Å². The zero-order valence-electron chi connectivity index (χ0n) is 11.3. The van der Waals surface area contributed by atoms with Crippen molar-refractivity contribution in [1.82, 2.24) is 4.72 Å². The van der Waals surface area contributed by atoms with Crippen molar-refractivity contribution in [2.24, 2.45) is 0 Å². The number of aryl methyl sites for hydroxylation is 1. The summed E-state index contributed by atoms with van der Waals surface area (Å²) in [6.45, 7) is 7.51. The number of thiophene rings is 1. The van der Waals surface area contributed by atoms with Gasteiger partial charge in [0.1, 0.15) is 4.21 Å². The van der Waals surface area contributed by atoms with E-state index < -0.39 is 15.6 Å². The average Bonchev–Trinajstić information content (AvgIpc) is 2.70. The highest BCUT2D eigenvalue weighted by atomic mass is 32.2. The molecule has 0 radical (unpaired) electrons. The second kappa shape index (κ2) is 5.69. The molecule has 0 bridgehead atoms. The highest BCUT2D eigenvalue weighted by Gasteiger charge is 2.28. The molecule has 1 aromatic heterocycles. The normalized spacial score (nSPS) is 12.9. The molecule has 0 aliphatic rings. The lowest BCUT2D eigenvalue weighted by Crippen LogP contribution is -2.44. The van der Waals surface area contributed by atoms with E-state index in [0.29, 0.717) is 4.88 Å². The van der Waals surface area contributed by atoms with Crippen LogP contribution in [0.3, 0.4) is 0 Å². The Labute approximate surface area is 113 Å². The molecule has 0 unspecified atom stereocenters. The third-order valence-electron chi connectivity index (χ3n) is 3.35. The summed E-state index contributed by atoms with van der Waals surface area (Å²) in [5, 5.41) is 9.12. The van der Waals surface area contributed by atoms with Gasteiger partial charge in [0.05, 0.1) is 6.61 Å². The van der Waals surface area contributed by atoms with Gasteiger partial charge in [0.25, 0.3) is 10.0 Å². The molecule has 0 aliphatic carbocycles. The number of rotatable bonds is 6. The average molecular weight is 291 g/mol. The fourth-order valence-electron chi connectivity index (χ4n) is 1.55. The molecule has 1 heterocycles. The Kier molecular flexibility index (Phi) is 4.94. The first kappa shape index (κ1) is 15.6. The summed E-state index contributed by atoms with van der Waals surface area (Å²) in [6, 6.07) is 1.62. The first-order valence-corrected chi connectivity index (χ1v) is 8.32. The lowest BCUT2D eigenvalue weighted by molar-refractivity contribution is 0.285. The van der Waals surface area contributed by atoms with Gasteiger partial charge in [0, 0.05) is 10.4 Å². The first-order chi connectivity index (χ1) is 8.28. The molecule has 4 nitrogen and oxygen atoms in total. The van der Waals surface area contributed by atoms with Crippen LogP contribution in [0, 0.1) is 6.92 Å². The summed E-state index contributed by atoms with van der Waals surface area (Å²) < 4.78 is 27.6. The second-order valence-electron chi connectivity index (χ2n) is 4.70. The van der Waals surface area contributed by atoms with Crippen LogP contribution in [-0.2, 0) is 16.6 Å². The summed E-state index contributed by atoms with van der Waals surface area (Å²) in [7, 11) is -3.50. The van der Waals surface area contributed by atoms with Crippen LogP contribution in [0.4, 0.5) is 0 Å². The molecule has 18 heavy (non-hydrogen) atoms. The number of hydrogen-bond acceptors (Lipinski definition) is 4.